The Hall–Kier alpha value is -2.48. The highest BCUT2D eigenvalue weighted by Crippen LogP contribution is 2.58. The third-order valence-corrected chi connectivity index (χ3v) is 15.1. The second-order valence-corrected chi connectivity index (χ2v) is 18.7. The molecule has 0 spiro atoms. The monoisotopic (exact) mass is 836 g/mol. The normalized spacial score (nSPS) is 41.4. The Kier molecular flexibility index (Phi) is 15.1. The number of carbonyl (C=O) groups excluding carboxylic acids is 2. The number of rotatable bonds is 11. The van der Waals surface area contributed by atoms with E-state index in [-0.39, 0.29) is 96.8 Å². The van der Waals surface area contributed by atoms with Crippen LogP contribution in [0.3, 0.4) is 0 Å². The van der Waals surface area contributed by atoms with Gasteiger partial charge in [0.15, 0.2) is 18.4 Å². The number of likely N-dealkylation sites (N-methyl/N-ethyl adjacent to an activating group) is 1. The molecule has 0 radical (unpaired) electrons. The van der Waals surface area contributed by atoms with E-state index in [1.165, 1.54) is 11.1 Å². The summed E-state index contributed by atoms with van der Waals surface area (Å²) in [5.41, 5.74) is 4.37. The first-order valence-corrected chi connectivity index (χ1v) is 23.0. The van der Waals surface area contributed by atoms with Crippen LogP contribution in [-0.2, 0) is 53.9 Å². The molecule has 3 aliphatic heterocycles. The SMILES string of the molecule is CCc1ccc(C2=CC3C[C@@H](O[C@@H]4OC(C)[C@H](OC)C(OC)C4OC)C[C@H]3[C@@H]3C=C4C(=O)[C@H](C)[C@@H](O[C@H]5CC[C@H](N(C)C)C(C)O5)CCC[C@H](CC)OC(=O)C[C@H]4C23)cc1. The molecule has 3 aliphatic carbocycles. The summed E-state index contributed by atoms with van der Waals surface area (Å²) >= 11 is 0. The van der Waals surface area contributed by atoms with Gasteiger partial charge in [-0.1, -0.05) is 57.2 Å². The maximum absolute atomic E-state index is 15.2. The summed E-state index contributed by atoms with van der Waals surface area (Å²) in [5, 5.41) is 0. The van der Waals surface area contributed by atoms with Gasteiger partial charge in [0, 0.05) is 39.2 Å². The van der Waals surface area contributed by atoms with Crippen molar-refractivity contribution in [2.24, 2.45) is 35.5 Å². The van der Waals surface area contributed by atoms with Crippen LogP contribution >= 0.6 is 0 Å². The van der Waals surface area contributed by atoms with E-state index >= 15 is 4.79 Å². The zero-order chi connectivity index (χ0) is 42.8. The van der Waals surface area contributed by atoms with Gasteiger partial charge >= 0.3 is 5.97 Å². The van der Waals surface area contributed by atoms with Gasteiger partial charge in [0.2, 0.25) is 0 Å². The number of methoxy groups -OCH3 is 3. The fraction of sp³-hybridized carbons (Fsp3) is 0.755. The Morgan fingerprint density at radius 2 is 1.52 bits per heavy atom. The topological polar surface area (TPSA) is 111 Å². The average molecular weight is 836 g/mol. The van der Waals surface area contributed by atoms with Gasteiger partial charge in [-0.05, 0) is 132 Å². The molecule has 3 heterocycles. The molecule has 1 saturated carbocycles. The van der Waals surface area contributed by atoms with E-state index in [0.717, 1.165) is 62.5 Å². The highest BCUT2D eigenvalue weighted by atomic mass is 16.7. The van der Waals surface area contributed by atoms with E-state index in [9.17, 15) is 4.79 Å². The molecule has 0 bridgehead atoms. The molecule has 3 saturated heterocycles. The minimum absolute atomic E-state index is 0.0193. The van der Waals surface area contributed by atoms with Crippen molar-refractivity contribution in [3.8, 4) is 0 Å². The van der Waals surface area contributed by atoms with E-state index < -0.39 is 18.3 Å². The van der Waals surface area contributed by atoms with Gasteiger partial charge in [-0.15, -0.1) is 0 Å². The van der Waals surface area contributed by atoms with Gasteiger partial charge in [-0.25, -0.2) is 0 Å². The number of esters is 1. The molecule has 60 heavy (non-hydrogen) atoms. The summed E-state index contributed by atoms with van der Waals surface area (Å²) in [5.74, 6) is -0.507. The Morgan fingerprint density at radius 3 is 2.17 bits per heavy atom. The second-order valence-electron chi connectivity index (χ2n) is 18.7. The fourth-order valence-corrected chi connectivity index (χ4v) is 11.8. The summed E-state index contributed by atoms with van der Waals surface area (Å²) in [6.45, 7) is 10.4. The van der Waals surface area contributed by atoms with Crippen LogP contribution in [0.4, 0.5) is 0 Å². The molecule has 1 aromatic rings. The molecular weight excluding hydrogens is 763 g/mol. The number of ketones is 1. The number of allylic oxidation sites excluding steroid dienone is 4. The summed E-state index contributed by atoms with van der Waals surface area (Å²) < 4.78 is 50.5. The summed E-state index contributed by atoms with van der Waals surface area (Å²) in [4.78, 5) is 31.4. The number of cyclic esters (lactones) is 1. The van der Waals surface area contributed by atoms with E-state index in [1.54, 1.807) is 21.3 Å². The number of nitrogens with zero attached hydrogens (tertiary/aromatic N) is 1. The zero-order valence-corrected chi connectivity index (χ0v) is 37.9. The number of fused-ring (bicyclic) bond motifs is 5. The summed E-state index contributed by atoms with van der Waals surface area (Å²) in [6, 6.07) is 9.18. The third kappa shape index (κ3) is 9.40. The lowest BCUT2D eigenvalue weighted by Crippen LogP contribution is -2.59. The molecule has 17 atom stereocenters. The molecule has 334 valence electrons. The van der Waals surface area contributed by atoms with Crippen LogP contribution in [0.5, 0.6) is 0 Å². The van der Waals surface area contributed by atoms with Gasteiger partial charge in [-0.2, -0.15) is 0 Å². The summed E-state index contributed by atoms with van der Waals surface area (Å²) in [6.07, 6.45) is 9.16. The highest BCUT2D eigenvalue weighted by Gasteiger charge is 2.54. The lowest BCUT2D eigenvalue weighted by molar-refractivity contribution is -0.314. The molecule has 0 aromatic heterocycles. The molecule has 1 aromatic carbocycles. The molecule has 6 unspecified atom stereocenters. The molecule has 0 N–H and O–H groups in total. The van der Waals surface area contributed by atoms with Crippen LogP contribution in [-0.4, -0.2) is 120 Å². The number of hydrogen-bond donors (Lipinski definition) is 0. The van der Waals surface area contributed by atoms with Gasteiger partial charge < -0.3 is 42.8 Å². The van der Waals surface area contributed by atoms with Crippen molar-refractivity contribution in [2.75, 3.05) is 35.4 Å². The lowest BCUT2D eigenvalue weighted by Gasteiger charge is -2.44. The lowest BCUT2D eigenvalue weighted by atomic mass is 9.65. The van der Waals surface area contributed by atoms with Crippen molar-refractivity contribution in [1.29, 1.82) is 0 Å². The van der Waals surface area contributed by atoms with Crippen molar-refractivity contribution < 1.29 is 47.5 Å². The number of ether oxygens (including phenoxy) is 8. The molecular formula is C49H73NO10. The van der Waals surface area contributed by atoms with E-state index in [1.807, 2.05) is 13.8 Å². The fourth-order valence-electron chi connectivity index (χ4n) is 11.8. The summed E-state index contributed by atoms with van der Waals surface area (Å²) in [7, 11) is 9.19. The number of carbonyl (C=O) groups is 2. The maximum atomic E-state index is 15.2. The molecule has 11 nitrogen and oxygen atoms in total. The third-order valence-electron chi connectivity index (χ3n) is 15.1. The van der Waals surface area contributed by atoms with Gasteiger partial charge in [0.05, 0.1) is 30.8 Å². The van der Waals surface area contributed by atoms with Crippen molar-refractivity contribution >= 4 is 17.3 Å². The quantitative estimate of drug-likeness (QED) is 0.206. The smallest absolute Gasteiger partial charge is 0.306 e. The molecule has 11 heteroatoms. The van der Waals surface area contributed by atoms with Crippen LogP contribution in [0.25, 0.3) is 5.57 Å². The van der Waals surface area contributed by atoms with E-state index in [0.29, 0.717) is 12.5 Å². The van der Waals surface area contributed by atoms with Gasteiger partial charge in [-0.3, -0.25) is 9.59 Å². The Balaban J connectivity index is 1.21. The van der Waals surface area contributed by atoms with Crippen LogP contribution in [0.2, 0.25) is 0 Å². The van der Waals surface area contributed by atoms with Crippen LogP contribution in [0, 0.1) is 35.5 Å². The number of aryl methyl sites for hydroxylation is 1. The predicted octanol–water partition coefficient (Wildman–Crippen LogP) is 7.58. The van der Waals surface area contributed by atoms with Gasteiger partial charge in [0.1, 0.15) is 24.4 Å². The van der Waals surface area contributed by atoms with E-state index in [4.69, 9.17) is 37.9 Å². The average Bonchev–Trinajstić information content (AvgIpc) is 3.82. The first-order chi connectivity index (χ1) is 28.9. The predicted molar refractivity (Wildman–Crippen MR) is 229 cm³/mol. The first kappa shape index (κ1) is 45.5. The van der Waals surface area contributed by atoms with Crippen LogP contribution in [0.15, 0.2) is 42.0 Å². The Morgan fingerprint density at radius 1 is 0.783 bits per heavy atom. The van der Waals surface area contributed by atoms with Crippen molar-refractivity contribution in [3.63, 3.8) is 0 Å². The molecule has 0 amide bonds. The number of Topliss-reactive ketones (excluding diaryl/α,β-unsaturated/α-hetero) is 1. The minimum atomic E-state index is -0.630. The van der Waals surface area contributed by atoms with Crippen molar-refractivity contribution in [2.45, 2.75) is 166 Å². The molecule has 7 rings (SSSR count). The molecule has 4 fully saturated rings. The highest BCUT2D eigenvalue weighted by molar-refractivity contribution is 5.99. The van der Waals surface area contributed by atoms with Crippen molar-refractivity contribution in [1.82, 2.24) is 4.90 Å². The molecule has 6 aliphatic rings. The van der Waals surface area contributed by atoms with Gasteiger partial charge in [0.25, 0.3) is 0 Å². The minimum Gasteiger partial charge on any atom is -0.462 e. The Labute approximate surface area is 359 Å². The Bertz CT molecular complexity index is 1680. The van der Waals surface area contributed by atoms with Crippen molar-refractivity contribution in [3.05, 3.63) is 53.1 Å². The zero-order valence-electron chi connectivity index (χ0n) is 37.9. The number of benzene rings is 1. The number of hydrogen-bond acceptors (Lipinski definition) is 11. The maximum Gasteiger partial charge on any atom is 0.306 e. The second kappa shape index (κ2) is 19.9. The van der Waals surface area contributed by atoms with Crippen LogP contribution in [0.1, 0.15) is 104 Å². The van der Waals surface area contributed by atoms with Crippen LogP contribution < -0.4 is 0 Å². The standard InChI is InChI=1S/C49H73NO10/c1-11-30-16-18-31(19-17-30)36-23-32-22-34(59-49-48(55-10)47(54-9)46(53-8)29(5)57-49)24-35(32)37-25-39-38(44(36)37)26-42(51)58-33(12-2)14-13-15-41(27(3)45(39)52)60-43-21-20-40(50(6)7)28(4)56-43/h16-19,23,25,27-29,32-35,37-38,40-41,43-44,46-49H,11-15,20-22,24,26H2,1-10H3/t27-,28?,29?,32?,33+,34-,35-,37+,38-,40+,41+,43+,44?,46+,47?,48?,49+/m1/s1. The first-order valence-electron chi connectivity index (χ1n) is 23.0. The largest absolute Gasteiger partial charge is 0.462 e. The van der Waals surface area contributed by atoms with E-state index in [2.05, 4.69) is 76.2 Å².